The largest absolute Gasteiger partial charge is 0.395 e. The molecule has 0 aliphatic heterocycles. The van der Waals surface area contributed by atoms with E-state index in [1.165, 1.54) is 0 Å². The van der Waals surface area contributed by atoms with Gasteiger partial charge in [-0.1, -0.05) is 11.8 Å². The first-order valence-electron chi connectivity index (χ1n) is 5.77. The number of hydrogen-bond acceptors (Lipinski definition) is 4. The van der Waals surface area contributed by atoms with Crippen LogP contribution in [0, 0.1) is 11.8 Å². The van der Waals surface area contributed by atoms with Gasteiger partial charge in [0.2, 0.25) is 5.91 Å². The van der Waals surface area contributed by atoms with Crippen LogP contribution < -0.4 is 5.32 Å². The van der Waals surface area contributed by atoms with Gasteiger partial charge >= 0.3 is 0 Å². The van der Waals surface area contributed by atoms with E-state index in [4.69, 9.17) is 9.84 Å². The summed E-state index contributed by atoms with van der Waals surface area (Å²) in [6.45, 7) is 3.07. The second-order valence-electron chi connectivity index (χ2n) is 3.49. The highest BCUT2D eigenvalue weighted by Crippen LogP contribution is 2.13. The van der Waals surface area contributed by atoms with Crippen molar-refractivity contribution in [3.63, 3.8) is 0 Å². The zero-order valence-electron chi connectivity index (χ0n) is 10.4. The summed E-state index contributed by atoms with van der Waals surface area (Å²) >= 11 is 1.55. The van der Waals surface area contributed by atoms with E-state index in [0.717, 1.165) is 10.4 Å². The second kappa shape index (κ2) is 8.70. The third-order valence-electron chi connectivity index (χ3n) is 2.02. The molecule has 0 aromatic carbocycles. The molecule has 0 aliphatic rings. The Hall–Kier alpha value is -1.35. The first-order valence-corrected chi connectivity index (χ1v) is 6.65. The van der Waals surface area contributed by atoms with Gasteiger partial charge in [-0.05, 0) is 13.0 Å². The molecular weight excluding hydrogens is 250 g/mol. The van der Waals surface area contributed by atoms with Crippen LogP contribution >= 0.6 is 11.3 Å². The van der Waals surface area contributed by atoms with Crippen molar-refractivity contribution in [2.75, 3.05) is 19.8 Å². The van der Waals surface area contributed by atoms with Gasteiger partial charge in [-0.15, -0.1) is 11.3 Å². The first kappa shape index (κ1) is 14.7. The van der Waals surface area contributed by atoms with E-state index >= 15 is 0 Å². The van der Waals surface area contributed by atoms with Gasteiger partial charge in [0.25, 0.3) is 0 Å². The Kier molecular flexibility index (Phi) is 7.11. The molecule has 2 N–H and O–H groups in total. The van der Waals surface area contributed by atoms with Gasteiger partial charge in [0, 0.05) is 28.8 Å². The van der Waals surface area contributed by atoms with Gasteiger partial charge in [-0.25, -0.2) is 0 Å². The van der Waals surface area contributed by atoms with Crippen molar-refractivity contribution in [3.8, 4) is 11.8 Å². The summed E-state index contributed by atoms with van der Waals surface area (Å²) in [4.78, 5) is 12.4. The van der Waals surface area contributed by atoms with Crippen LogP contribution in [-0.4, -0.2) is 30.8 Å². The Morgan fingerprint density at radius 2 is 2.44 bits per heavy atom. The van der Waals surface area contributed by atoms with Crippen molar-refractivity contribution in [1.82, 2.24) is 5.32 Å². The van der Waals surface area contributed by atoms with Gasteiger partial charge in [0.1, 0.15) is 6.61 Å². The average molecular weight is 267 g/mol. The third kappa shape index (κ3) is 5.82. The van der Waals surface area contributed by atoms with Gasteiger partial charge in [-0.2, -0.15) is 0 Å². The molecule has 0 saturated carbocycles. The lowest BCUT2D eigenvalue weighted by atomic mass is 10.3. The first-order chi connectivity index (χ1) is 8.76. The van der Waals surface area contributed by atoms with Crippen LogP contribution in [0.15, 0.2) is 11.4 Å². The minimum Gasteiger partial charge on any atom is -0.395 e. The summed E-state index contributed by atoms with van der Waals surface area (Å²) in [6.07, 6.45) is 0.482. The van der Waals surface area contributed by atoms with Crippen molar-refractivity contribution in [1.29, 1.82) is 0 Å². The average Bonchev–Trinajstić information content (AvgIpc) is 2.82. The quantitative estimate of drug-likeness (QED) is 0.760. The van der Waals surface area contributed by atoms with Crippen LogP contribution in [0.3, 0.4) is 0 Å². The molecule has 98 valence electrons. The van der Waals surface area contributed by atoms with E-state index in [1.807, 2.05) is 18.4 Å². The molecule has 0 unspecified atom stereocenters. The van der Waals surface area contributed by atoms with E-state index in [2.05, 4.69) is 17.2 Å². The fraction of sp³-hybridized carbons (Fsp3) is 0.462. The topological polar surface area (TPSA) is 58.6 Å². The van der Waals surface area contributed by atoms with E-state index < -0.39 is 0 Å². The number of amides is 1. The van der Waals surface area contributed by atoms with Crippen LogP contribution in [-0.2, 0) is 16.1 Å². The van der Waals surface area contributed by atoms with Gasteiger partial charge < -0.3 is 15.2 Å². The lowest BCUT2D eigenvalue weighted by Gasteiger charge is -2.02. The molecule has 18 heavy (non-hydrogen) atoms. The van der Waals surface area contributed by atoms with Crippen molar-refractivity contribution >= 4 is 17.2 Å². The Bertz CT molecular complexity index is 431. The minimum absolute atomic E-state index is 0.0808. The molecular formula is C13H17NO3S. The predicted octanol–water partition coefficient (Wildman–Crippen LogP) is 1.13. The second-order valence-corrected chi connectivity index (χ2v) is 4.49. The fourth-order valence-electron chi connectivity index (χ4n) is 1.19. The SMILES string of the molecule is CCOCC(=O)NCc1cc(C#CCCO)cs1. The van der Waals surface area contributed by atoms with E-state index in [9.17, 15) is 4.79 Å². The number of carbonyl (C=O) groups excluding carboxylic acids is 1. The molecule has 0 spiro atoms. The molecule has 0 bridgehead atoms. The lowest BCUT2D eigenvalue weighted by Crippen LogP contribution is -2.26. The molecule has 0 radical (unpaired) electrons. The van der Waals surface area contributed by atoms with Crippen molar-refractivity contribution in [2.45, 2.75) is 19.9 Å². The van der Waals surface area contributed by atoms with Crippen LogP contribution in [0.4, 0.5) is 0 Å². The highest BCUT2D eigenvalue weighted by atomic mass is 32.1. The maximum atomic E-state index is 11.3. The minimum atomic E-state index is -0.113. The Labute approximate surface area is 111 Å². The molecule has 1 rings (SSSR count). The van der Waals surface area contributed by atoms with Gasteiger partial charge in [0.05, 0.1) is 13.2 Å². The summed E-state index contributed by atoms with van der Waals surface area (Å²) in [7, 11) is 0. The number of carbonyl (C=O) groups is 1. The Morgan fingerprint density at radius 1 is 1.61 bits per heavy atom. The fourth-order valence-corrected chi connectivity index (χ4v) is 1.95. The number of thiophene rings is 1. The maximum absolute atomic E-state index is 11.3. The summed E-state index contributed by atoms with van der Waals surface area (Å²) in [5, 5.41) is 13.3. The van der Waals surface area contributed by atoms with E-state index in [-0.39, 0.29) is 19.1 Å². The van der Waals surface area contributed by atoms with Crippen LogP contribution in [0.2, 0.25) is 0 Å². The summed E-state index contributed by atoms with van der Waals surface area (Å²) in [5.41, 5.74) is 0.919. The molecule has 5 heteroatoms. The van der Waals surface area contributed by atoms with E-state index in [1.54, 1.807) is 11.3 Å². The lowest BCUT2D eigenvalue weighted by molar-refractivity contribution is -0.125. The molecule has 0 saturated heterocycles. The molecule has 0 aliphatic carbocycles. The van der Waals surface area contributed by atoms with Crippen molar-refractivity contribution < 1.29 is 14.6 Å². The van der Waals surface area contributed by atoms with Crippen LogP contribution in [0.5, 0.6) is 0 Å². The molecule has 0 fully saturated rings. The summed E-state index contributed by atoms with van der Waals surface area (Å²) in [5.74, 6) is 5.69. The number of ether oxygens (including phenoxy) is 1. The van der Waals surface area contributed by atoms with E-state index in [0.29, 0.717) is 19.6 Å². The van der Waals surface area contributed by atoms with Crippen molar-refractivity contribution in [3.05, 3.63) is 21.9 Å². The molecule has 1 aromatic heterocycles. The number of nitrogens with one attached hydrogen (secondary N) is 1. The monoisotopic (exact) mass is 267 g/mol. The molecule has 1 heterocycles. The molecule has 4 nitrogen and oxygen atoms in total. The highest BCUT2D eigenvalue weighted by Gasteiger charge is 2.02. The highest BCUT2D eigenvalue weighted by molar-refractivity contribution is 7.10. The predicted molar refractivity (Wildman–Crippen MR) is 71.2 cm³/mol. The Morgan fingerprint density at radius 3 is 3.17 bits per heavy atom. The number of rotatable bonds is 6. The molecule has 1 aromatic rings. The Balaban J connectivity index is 2.36. The number of aliphatic hydroxyl groups excluding tert-OH is 1. The van der Waals surface area contributed by atoms with Crippen molar-refractivity contribution in [2.24, 2.45) is 0 Å². The number of hydrogen-bond donors (Lipinski definition) is 2. The zero-order valence-corrected chi connectivity index (χ0v) is 11.2. The van der Waals surface area contributed by atoms with Crippen LogP contribution in [0.1, 0.15) is 23.8 Å². The maximum Gasteiger partial charge on any atom is 0.246 e. The summed E-state index contributed by atoms with van der Waals surface area (Å²) in [6, 6.07) is 1.94. The molecule has 1 amide bonds. The normalized spacial score (nSPS) is 9.67. The standard InChI is InChI=1S/C13H17NO3S/c1-2-17-9-13(16)14-8-12-7-11(10-18-12)5-3-4-6-15/h7,10,15H,2,4,6,8-9H2,1H3,(H,14,16). The van der Waals surface area contributed by atoms with Crippen LogP contribution in [0.25, 0.3) is 0 Å². The number of aliphatic hydroxyl groups is 1. The smallest absolute Gasteiger partial charge is 0.246 e. The third-order valence-corrected chi connectivity index (χ3v) is 2.96. The van der Waals surface area contributed by atoms with Gasteiger partial charge in [-0.3, -0.25) is 4.79 Å². The molecule has 0 atom stereocenters. The zero-order chi connectivity index (χ0) is 13.2. The van der Waals surface area contributed by atoms with Gasteiger partial charge in [0.15, 0.2) is 0 Å². The summed E-state index contributed by atoms with van der Waals surface area (Å²) < 4.78 is 5.00.